The van der Waals surface area contributed by atoms with E-state index in [4.69, 9.17) is 14.2 Å². The summed E-state index contributed by atoms with van der Waals surface area (Å²) in [6.45, 7) is 4.68. The lowest BCUT2D eigenvalue weighted by Crippen LogP contribution is -2.33. The molecule has 5 rings (SSSR count). The van der Waals surface area contributed by atoms with E-state index < -0.39 is 19.0 Å². The molecule has 204 valence electrons. The smallest absolute Gasteiger partial charge is 0.340 e. The second-order valence-electron chi connectivity index (χ2n) is 10.1. The topological polar surface area (TPSA) is 60.0 Å². The van der Waals surface area contributed by atoms with E-state index in [1.807, 2.05) is 19.1 Å². The summed E-state index contributed by atoms with van der Waals surface area (Å²) in [5, 5.41) is 14.0. The number of hydrogen-bond donors (Lipinski definition) is 2. The lowest BCUT2D eigenvalue weighted by atomic mass is 9.83. The Morgan fingerprint density at radius 1 is 1.08 bits per heavy atom. The van der Waals surface area contributed by atoms with Gasteiger partial charge in [-0.25, -0.2) is 8.78 Å². The Bertz CT molecular complexity index is 1510. The molecule has 0 unspecified atom stereocenters. The van der Waals surface area contributed by atoms with Gasteiger partial charge in [0.15, 0.2) is 18.1 Å². The van der Waals surface area contributed by atoms with Gasteiger partial charge in [0.2, 0.25) is 0 Å². The zero-order valence-corrected chi connectivity index (χ0v) is 21.7. The minimum Gasteiger partial charge on any atom is -0.504 e. The van der Waals surface area contributed by atoms with Crippen molar-refractivity contribution in [2.75, 3.05) is 19.0 Å². The Morgan fingerprint density at radius 2 is 1.85 bits per heavy atom. The van der Waals surface area contributed by atoms with E-state index in [1.54, 1.807) is 24.3 Å². The summed E-state index contributed by atoms with van der Waals surface area (Å²) in [5.41, 5.74) is 5.17. The van der Waals surface area contributed by atoms with E-state index >= 15 is 0 Å². The van der Waals surface area contributed by atoms with Crippen LogP contribution in [0.25, 0.3) is 28.5 Å². The fraction of sp³-hybridized carbons (Fsp3) is 0.267. The van der Waals surface area contributed by atoms with Crippen molar-refractivity contribution in [3.8, 4) is 34.1 Å². The van der Waals surface area contributed by atoms with E-state index in [0.717, 1.165) is 28.0 Å². The molecule has 3 aromatic rings. The Balaban J connectivity index is 1.65. The van der Waals surface area contributed by atoms with Gasteiger partial charge in [-0.3, -0.25) is 0 Å². The van der Waals surface area contributed by atoms with E-state index in [9.17, 15) is 22.7 Å². The number of phenols is 1. The first-order valence-corrected chi connectivity index (χ1v) is 12.2. The van der Waals surface area contributed by atoms with Gasteiger partial charge in [-0.2, -0.15) is 8.78 Å². The first kappa shape index (κ1) is 26.5. The molecule has 0 amide bonds. The Labute approximate surface area is 223 Å². The predicted octanol–water partition coefficient (Wildman–Crippen LogP) is 7.84. The SMILES string of the molecule is COc1c(O)ccc2c1-c1ccc3c(c1C(=Cc1cccc(OCC(F)(F)C(F)F)c1)O2)C(C)=CC(C)(C)N3. The maximum Gasteiger partial charge on any atom is 0.340 e. The average molecular weight is 542 g/mol. The minimum absolute atomic E-state index is 0.0160. The molecule has 0 aliphatic carbocycles. The highest BCUT2D eigenvalue weighted by Crippen LogP contribution is 2.54. The highest BCUT2D eigenvalue weighted by Gasteiger charge is 2.41. The van der Waals surface area contributed by atoms with Crippen molar-refractivity contribution in [3.63, 3.8) is 0 Å². The summed E-state index contributed by atoms with van der Waals surface area (Å²) in [6, 6.07) is 13.2. The van der Waals surface area contributed by atoms with E-state index in [0.29, 0.717) is 22.6 Å². The van der Waals surface area contributed by atoms with Gasteiger partial charge in [0.1, 0.15) is 17.3 Å². The number of anilines is 1. The molecule has 0 radical (unpaired) electrons. The highest BCUT2D eigenvalue weighted by atomic mass is 19.3. The van der Waals surface area contributed by atoms with Crippen molar-refractivity contribution in [3.05, 3.63) is 71.3 Å². The average Bonchev–Trinajstić information content (AvgIpc) is 2.87. The van der Waals surface area contributed by atoms with Gasteiger partial charge in [-0.15, -0.1) is 0 Å². The summed E-state index contributed by atoms with van der Waals surface area (Å²) < 4.78 is 68.9. The molecule has 3 aromatic carbocycles. The maximum absolute atomic E-state index is 13.4. The van der Waals surface area contributed by atoms with Crippen LogP contribution in [0.3, 0.4) is 0 Å². The summed E-state index contributed by atoms with van der Waals surface area (Å²) >= 11 is 0. The Morgan fingerprint density at radius 3 is 2.56 bits per heavy atom. The molecule has 39 heavy (non-hydrogen) atoms. The third kappa shape index (κ3) is 4.89. The van der Waals surface area contributed by atoms with Gasteiger partial charge in [0.25, 0.3) is 0 Å². The molecule has 2 aliphatic rings. The van der Waals surface area contributed by atoms with Gasteiger partial charge in [-0.1, -0.05) is 24.3 Å². The minimum atomic E-state index is -4.27. The second kappa shape index (κ2) is 9.55. The number of allylic oxidation sites excluding steroid dienone is 1. The molecule has 2 N–H and O–H groups in total. The standard InChI is InChI=1S/C30H27F4NO4/c1-16-14-29(2,3)35-20-9-8-19-25(24(16)20)23(39-22-11-10-21(36)27(37-4)26(19)22)13-17-6-5-7-18(12-17)38-15-30(33,34)28(31)32/h5-14,28,35-36H,15H2,1-4H3. The van der Waals surface area contributed by atoms with Crippen LogP contribution in [0.2, 0.25) is 0 Å². The van der Waals surface area contributed by atoms with Crippen LogP contribution in [0.5, 0.6) is 23.0 Å². The highest BCUT2D eigenvalue weighted by molar-refractivity contribution is 6.02. The Hall–Kier alpha value is -4.14. The molecular weight excluding hydrogens is 514 g/mol. The van der Waals surface area contributed by atoms with Crippen molar-refractivity contribution in [1.82, 2.24) is 0 Å². The van der Waals surface area contributed by atoms with Gasteiger partial charge >= 0.3 is 12.3 Å². The van der Waals surface area contributed by atoms with Crippen LogP contribution in [0.4, 0.5) is 23.2 Å². The van der Waals surface area contributed by atoms with Crippen molar-refractivity contribution in [1.29, 1.82) is 0 Å². The first-order valence-electron chi connectivity index (χ1n) is 12.2. The molecule has 9 heteroatoms. The van der Waals surface area contributed by atoms with E-state index in [2.05, 4.69) is 25.2 Å². The fourth-order valence-electron chi connectivity index (χ4n) is 5.04. The third-order valence-electron chi connectivity index (χ3n) is 6.58. The number of benzene rings is 3. The lowest BCUT2D eigenvalue weighted by molar-refractivity contribution is -0.148. The summed E-state index contributed by atoms with van der Waals surface area (Å²) in [6.07, 6.45) is 0.0135. The number of methoxy groups -OCH3 is 1. The molecule has 2 heterocycles. The van der Waals surface area contributed by atoms with Crippen LogP contribution in [-0.4, -0.2) is 36.7 Å². The third-order valence-corrected chi connectivity index (χ3v) is 6.58. The molecule has 0 aromatic heterocycles. The van der Waals surface area contributed by atoms with Crippen molar-refractivity contribution in [2.45, 2.75) is 38.7 Å². The first-order chi connectivity index (χ1) is 18.4. The molecule has 0 saturated carbocycles. The normalized spacial score (nSPS) is 16.4. The number of nitrogens with one attached hydrogen (secondary N) is 1. The van der Waals surface area contributed by atoms with Gasteiger partial charge in [0, 0.05) is 22.4 Å². The van der Waals surface area contributed by atoms with Crippen LogP contribution in [-0.2, 0) is 0 Å². The second-order valence-corrected chi connectivity index (χ2v) is 10.1. The molecule has 0 atom stereocenters. The number of fused-ring (bicyclic) bond motifs is 5. The number of hydrogen-bond acceptors (Lipinski definition) is 5. The predicted molar refractivity (Wildman–Crippen MR) is 143 cm³/mol. The number of halogens is 4. The van der Waals surface area contributed by atoms with Crippen LogP contribution < -0.4 is 19.5 Å². The van der Waals surface area contributed by atoms with Crippen LogP contribution in [0, 0.1) is 0 Å². The molecule has 0 saturated heterocycles. The van der Waals surface area contributed by atoms with Crippen LogP contribution >= 0.6 is 0 Å². The zero-order chi connectivity index (χ0) is 28.1. The quantitative estimate of drug-likeness (QED) is 0.311. The largest absolute Gasteiger partial charge is 0.504 e. The number of alkyl halides is 4. The number of ether oxygens (including phenoxy) is 3. The summed E-state index contributed by atoms with van der Waals surface area (Å²) in [5.74, 6) is -3.09. The fourth-order valence-corrected chi connectivity index (χ4v) is 5.04. The molecular formula is C30H27F4NO4. The molecule has 2 aliphatic heterocycles. The van der Waals surface area contributed by atoms with Gasteiger partial charge in [-0.05, 0) is 68.3 Å². The molecule has 0 spiro atoms. The number of aromatic hydroxyl groups is 1. The molecule has 0 fully saturated rings. The van der Waals surface area contributed by atoms with Crippen LogP contribution in [0.15, 0.2) is 54.6 Å². The maximum atomic E-state index is 13.4. The van der Waals surface area contributed by atoms with Gasteiger partial charge < -0.3 is 24.6 Å². The summed E-state index contributed by atoms with van der Waals surface area (Å²) in [4.78, 5) is 0. The van der Waals surface area contributed by atoms with E-state index in [1.165, 1.54) is 25.3 Å². The zero-order valence-electron chi connectivity index (χ0n) is 21.7. The number of phenolic OH excluding ortho intramolecular Hbond substituents is 1. The van der Waals surface area contributed by atoms with Crippen molar-refractivity contribution >= 4 is 23.1 Å². The summed E-state index contributed by atoms with van der Waals surface area (Å²) in [7, 11) is 1.47. The van der Waals surface area contributed by atoms with Crippen molar-refractivity contribution < 1.29 is 36.9 Å². The number of rotatable bonds is 6. The lowest BCUT2D eigenvalue weighted by Gasteiger charge is -2.35. The van der Waals surface area contributed by atoms with E-state index in [-0.39, 0.29) is 22.8 Å². The van der Waals surface area contributed by atoms with Gasteiger partial charge in [0.05, 0.1) is 18.2 Å². The molecule has 0 bridgehead atoms. The Kier molecular flexibility index (Phi) is 6.48. The monoisotopic (exact) mass is 541 g/mol. The van der Waals surface area contributed by atoms with Crippen LogP contribution in [0.1, 0.15) is 37.5 Å². The molecule has 5 nitrogen and oxygen atoms in total. The van der Waals surface area contributed by atoms with Crippen molar-refractivity contribution in [2.24, 2.45) is 0 Å².